The molecule has 1 aliphatic heterocycles. The molecule has 2 aromatic rings. The number of aromatic hydroxyl groups is 1. The van der Waals surface area contributed by atoms with Crippen molar-refractivity contribution in [1.29, 1.82) is 0 Å². The second kappa shape index (κ2) is 6.11. The van der Waals surface area contributed by atoms with E-state index < -0.39 is 0 Å². The maximum atomic E-state index is 10.9. The van der Waals surface area contributed by atoms with Crippen LogP contribution < -0.4 is 12.4 Å². The lowest BCUT2D eigenvalue weighted by atomic mass is 9.78. The normalized spacial score (nSPS) is 14.4. The first-order chi connectivity index (χ1) is 10.6. The number of aromatic nitrogens is 2. The van der Waals surface area contributed by atoms with Crippen molar-refractivity contribution in [1.82, 2.24) is 9.55 Å². The highest BCUT2D eigenvalue weighted by Gasteiger charge is 2.28. The summed E-state index contributed by atoms with van der Waals surface area (Å²) >= 11 is 0. The second-order valence-corrected chi connectivity index (χ2v) is 8.73. The summed E-state index contributed by atoms with van der Waals surface area (Å²) in [5.74, 6) is 1.62. The smallest absolute Gasteiger partial charge is 0.123 e. The number of halogens is 1. The van der Waals surface area contributed by atoms with E-state index in [4.69, 9.17) is 0 Å². The van der Waals surface area contributed by atoms with E-state index in [2.05, 4.69) is 63.2 Å². The Balaban J connectivity index is 0.00000208. The molecule has 4 heteroatoms. The first-order valence-corrected chi connectivity index (χ1v) is 8.52. The zero-order valence-corrected chi connectivity index (χ0v) is 16.3. The van der Waals surface area contributed by atoms with E-state index in [-0.39, 0.29) is 23.2 Å². The van der Waals surface area contributed by atoms with Crippen molar-refractivity contribution in [3.05, 3.63) is 35.3 Å². The van der Waals surface area contributed by atoms with Gasteiger partial charge < -0.3 is 22.1 Å². The summed E-state index contributed by atoms with van der Waals surface area (Å²) in [6, 6.07) is 4.29. The molecule has 1 aromatic carbocycles. The standard InChI is InChI=1S/C20H28N2O.ClH/c1-19(2,3)14-10-13(11-15(18(14)23)20(4,5)6)16-12-21-17-8-7-9-22(16)17;/h10-12,23H,7-9H2,1-6H3;1H/p-1. The highest BCUT2D eigenvalue weighted by Crippen LogP contribution is 2.42. The predicted molar refractivity (Wildman–Crippen MR) is 95.0 cm³/mol. The molecule has 1 aromatic heterocycles. The Morgan fingerprint density at radius 1 is 1.00 bits per heavy atom. The Kier molecular flexibility index (Phi) is 4.80. The topological polar surface area (TPSA) is 38.0 Å². The molecule has 2 heterocycles. The molecule has 0 saturated heterocycles. The first-order valence-electron chi connectivity index (χ1n) is 8.52. The molecule has 0 amide bonds. The van der Waals surface area contributed by atoms with Gasteiger partial charge >= 0.3 is 0 Å². The Labute approximate surface area is 151 Å². The van der Waals surface area contributed by atoms with Crippen LogP contribution in [0.25, 0.3) is 11.3 Å². The Hall–Kier alpha value is -1.48. The Morgan fingerprint density at radius 2 is 1.54 bits per heavy atom. The fourth-order valence-electron chi connectivity index (χ4n) is 3.41. The monoisotopic (exact) mass is 347 g/mol. The van der Waals surface area contributed by atoms with Gasteiger partial charge in [0.15, 0.2) is 0 Å². The van der Waals surface area contributed by atoms with E-state index in [0.29, 0.717) is 5.75 Å². The van der Waals surface area contributed by atoms with E-state index in [0.717, 1.165) is 24.1 Å². The maximum Gasteiger partial charge on any atom is 0.123 e. The molecule has 0 unspecified atom stereocenters. The van der Waals surface area contributed by atoms with Gasteiger partial charge in [0.05, 0.1) is 11.9 Å². The summed E-state index contributed by atoms with van der Waals surface area (Å²) < 4.78 is 2.32. The molecule has 0 radical (unpaired) electrons. The summed E-state index contributed by atoms with van der Waals surface area (Å²) in [6.45, 7) is 14.0. The van der Waals surface area contributed by atoms with Gasteiger partial charge in [0.2, 0.25) is 0 Å². The molecule has 3 nitrogen and oxygen atoms in total. The summed E-state index contributed by atoms with van der Waals surface area (Å²) in [7, 11) is 0. The highest BCUT2D eigenvalue weighted by atomic mass is 35.5. The number of phenolic OH excluding ortho intramolecular Hbond substituents is 1. The van der Waals surface area contributed by atoms with Crippen LogP contribution in [0.3, 0.4) is 0 Å². The van der Waals surface area contributed by atoms with Crippen molar-refractivity contribution in [2.24, 2.45) is 0 Å². The number of benzene rings is 1. The molecule has 0 atom stereocenters. The molecule has 0 spiro atoms. The first kappa shape index (κ1) is 18.9. The van der Waals surface area contributed by atoms with Crippen LogP contribution in [0.1, 0.15) is 64.9 Å². The van der Waals surface area contributed by atoms with Gasteiger partial charge in [-0.05, 0) is 29.4 Å². The summed E-state index contributed by atoms with van der Waals surface area (Å²) in [4.78, 5) is 4.58. The van der Waals surface area contributed by atoms with Gasteiger partial charge in [-0.1, -0.05) is 41.5 Å². The SMILES string of the molecule is CC(C)(C)c1cc(-c2cnc3n2CCC3)cc(C(C)(C)C)c1O.[Cl-]. The molecule has 24 heavy (non-hydrogen) atoms. The quantitative estimate of drug-likeness (QED) is 0.854. The number of hydrogen-bond acceptors (Lipinski definition) is 2. The van der Waals surface area contributed by atoms with Crippen molar-refractivity contribution in [2.75, 3.05) is 0 Å². The number of nitrogens with zero attached hydrogens (tertiary/aromatic N) is 2. The van der Waals surface area contributed by atoms with Crippen LogP contribution >= 0.6 is 0 Å². The van der Waals surface area contributed by atoms with Crippen molar-refractivity contribution in [3.8, 4) is 17.0 Å². The summed E-state index contributed by atoms with van der Waals surface area (Å²) in [5, 5.41) is 10.9. The van der Waals surface area contributed by atoms with Gasteiger partial charge in [-0.2, -0.15) is 0 Å². The highest BCUT2D eigenvalue weighted by molar-refractivity contribution is 5.66. The van der Waals surface area contributed by atoms with Crippen LogP contribution in [0.4, 0.5) is 0 Å². The van der Waals surface area contributed by atoms with Crippen molar-refractivity contribution < 1.29 is 17.5 Å². The zero-order chi connectivity index (χ0) is 17.0. The molecule has 0 fully saturated rings. The average molecular weight is 348 g/mol. The lowest BCUT2D eigenvalue weighted by Crippen LogP contribution is -3.00. The van der Waals surface area contributed by atoms with Crippen LogP contribution in [0.15, 0.2) is 18.3 Å². The minimum atomic E-state index is -0.103. The van der Waals surface area contributed by atoms with Gasteiger partial charge in [0.25, 0.3) is 0 Å². The second-order valence-electron chi connectivity index (χ2n) is 8.73. The van der Waals surface area contributed by atoms with Crippen LogP contribution in [0, 0.1) is 0 Å². The van der Waals surface area contributed by atoms with Gasteiger partial charge in [0.1, 0.15) is 11.6 Å². The minimum Gasteiger partial charge on any atom is -1.00 e. The molecule has 0 bridgehead atoms. The molecule has 0 aliphatic carbocycles. The lowest BCUT2D eigenvalue weighted by molar-refractivity contribution is -0.00000697. The molecular weight excluding hydrogens is 320 g/mol. The molecule has 132 valence electrons. The fraction of sp³-hybridized carbons (Fsp3) is 0.550. The van der Waals surface area contributed by atoms with Crippen molar-refractivity contribution in [2.45, 2.75) is 71.8 Å². The van der Waals surface area contributed by atoms with Crippen LogP contribution in [-0.2, 0) is 23.8 Å². The number of hydrogen-bond donors (Lipinski definition) is 1. The van der Waals surface area contributed by atoms with Crippen LogP contribution in [0.2, 0.25) is 0 Å². The summed E-state index contributed by atoms with van der Waals surface area (Å²) in [5.41, 5.74) is 4.15. The number of fused-ring (bicyclic) bond motifs is 1. The number of aryl methyl sites for hydroxylation is 1. The summed E-state index contributed by atoms with van der Waals surface area (Å²) in [6.07, 6.45) is 4.22. The number of imidazole rings is 1. The van der Waals surface area contributed by atoms with E-state index in [9.17, 15) is 5.11 Å². The Morgan fingerprint density at radius 3 is 2.04 bits per heavy atom. The third-order valence-corrected chi connectivity index (χ3v) is 4.74. The van der Waals surface area contributed by atoms with Gasteiger partial charge in [-0.3, -0.25) is 0 Å². The van der Waals surface area contributed by atoms with Gasteiger partial charge in [-0.25, -0.2) is 4.98 Å². The van der Waals surface area contributed by atoms with Crippen molar-refractivity contribution in [3.63, 3.8) is 0 Å². The van der Waals surface area contributed by atoms with Gasteiger partial charge in [-0.15, -0.1) is 0 Å². The maximum absolute atomic E-state index is 10.9. The molecular formula is C20H28ClN2O-. The van der Waals surface area contributed by atoms with Gasteiger partial charge in [0, 0.05) is 29.7 Å². The third-order valence-electron chi connectivity index (χ3n) is 4.74. The molecule has 3 rings (SSSR count). The average Bonchev–Trinajstić information content (AvgIpc) is 2.98. The molecule has 1 N–H and O–H groups in total. The third kappa shape index (κ3) is 3.19. The lowest BCUT2D eigenvalue weighted by Gasteiger charge is -2.28. The number of phenols is 1. The van der Waals surface area contributed by atoms with E-state index in [1.165, 1.54) is 23.5 Å². The Bertz CT molecular complexity index is 713. The zero-order valence-electron chi connectivity index (χ0n) is 15.6. The minimum absolute atomic E-state index is 0. The molecule has 1 aliphatic rings. The van der Waals surface area contributed by atoms with E-state index >= 15 is 0 Å². The fourth-order valence-corrected chi connectivity index (χ4v) is 3.41. The van der Waals surface area contributed by atoms with Crippen LogP contribution in [-0.4, -0.2) is 14.7 Å². The van der Waals surface area contributed by atoms with Crippen molar-refractivity contribution >= 4 is 0 Å². The molecule has 0 saturated carbocycles. The van der Waals surface area contributed by atoms with E-state index in [1.807, 2.05) is 6.20 Å². The number of rotatable bonds is 1. The van der Waals surface area contributed by atoms with E-state index in [1.54, 1.807) is 0 Å². The van der Waals surface area contributed by atoms with Crippen LogP contribution in [0.5, 0.6) is 5.75 Å². The predicted octanol–water partition coefficient (Wildman–Crippen LogP) is 1.80. The largest absolute Gasteiger partial charge is 1.00 e.